The van der Waals surface area contributed by atoms with E-state index in [0.29, 0.717) is 16.1 Å². The van der Waals surface area contributed by atoms with Crippen LogP contribution in [0, 0.1) is 20.8 Å². The topological polar surface area (TPSA) is 71.2 Å². The molecule has 2 aromatic carbocycles. The van der Waals surface area contributed by atoms with Crippen molar-refractivity contribution in [2.45, 2.75) is 40.3 Å². The molecule has 5 nitrogen and oxygen atoms in total. The van der Waals surface area contributed by atoms with Gasteiger partial charge in [0.1, 0.15) is 11.9 Å². The summed E-state index contributed by atoms with van der Waals surface area (Å²) in [6.07, 6.45) is -0.274. The van der Waals surface area contributed by atoms with Crippen LogP contribution in [0.25, 0.3) is 0 Å². The fraction of sp³-hybridized carbons (Fsp3) is 0.250. The van der Waals surface area contributed by atoms with Crippen molar-refractivity contribution >= 4 is 17.5 Å². The monoisotopic (exact) mass is 424 g/mol. The van der Waals surface area contributed by atoms with Crippen LogP contribution in [0.1, 0.15) is 51.3 Å². The fourth-order valence-corrected chi connectivity index (χ4v) is 3.71. The molecule has 2 N–H and O–H groups in total. The van der Waals surface area contributed by atoms with Crippen molar-refractivity contribution in [3.8, 4) is 5.75 Å². The van der Waals surface area contributed by atoms with E-state index in [9.17, 15) is 9.59 Å². The summed E-state index contributed by atoms with van der Waals surface area (Å²) in [6, 6.07) is 14.9. The zero-order valence-corrected chi connectivity index (χ0v) is 18.3. The normalized spacial score (nSPS) is 11.8. The Hall–Kier alpha value is -3.05. The number of para-hydroxylation sites is 1. The molecule has 0 saturated heterocycles. The predicted octanol–water partition coefficient (Wildman–Crippen LogP) is 5.02. The molecule has 0 bridgehead atoms. The number of hydrogen-bond acceptors (Lipinski definition) is 3. The van der Waals surface area contributed by atoms with E-state index in [1.165, 1.54) is 0 Å². The van der Waals surface area contributed by atoms with Crippen molar-refractivity contribution in [2.75, 3.05) is 0 Å². The second-order valence-electron chi connectivity index (χ2n) is 7.39. The van der Waals surface area contributed by atoms with Crippen LogP contribution >= 0.6 is 11.6 Å². The zero-order valence-electron chi connectivity index (χ0n) is 17.5. The Bertz CT molecular complexity index is 1120. The first-order chi connectivity index (χ1) is 14.3. The summed E-state index contributed by atoms with van der Waals surface area (Å²) in [5, 5.41) is 3.28. The third kappa shape index (κ3) is 4.92. The van der Waals surface area contributed by atoms with Crippen molar-refractivity contribution in [1.29, 1.82) is 0 Å². The van der Waals surface area contributed by atoms with Gasteiger partial charge in [-0.2, -0.15) is 0 Å². The van der Waals surface area contributed by atoms with Gasteiger partial charge in [0.05, 0.1) is 0 Å². The van der Waals surface area contributed by atoms with Crippen molar-refractivity contribution in [3.05, 3.63) is 97.4 Å². The Morgan fingerprint density at radius 3 is 2.47 bits per heavy atom. The van der Waals surface area contributed by atoms with Gasteiger partial charge in [-0.05, 0) is 63.1 Å². The molecule has 1 unspecified atom stereocenters. The van der Waals surface area contributed by atoms with Gasteiger partial charge >= 0.3 is 0 Å². The van der Waals surface area contributed by atoms with E-state index in [2.05, 4.69) is 10.3 Å². The molecule has 3 aromatic rings. The number of ether oxygens (including phenoxy) is 1. The molecule has 0 aliphatic heterocycles. The van der Waals surface area contributed by atoms with Crippen LogP contribution in [0.3, 0.4) is 0 Å². The minimum Gasteiger partial charge on any atom is -0.486 e. The molecule has 3 rings (SSSR count). The molecule has 0 saturated carbocycles. The molecule has 1 aromatic heterocycles. The molecule has 0 fully saturated rings. The van der Waals surface area contributed by atoms with Gasteiger partial charge in [-0.15, -0.1) is 0 Å². The lowest BCUT2D eigenvalue weighted by molar-refractivity contribution is 0.0950. The maximum Gasteiger partial charge on any atom is 0.253 e. The number of pyridine rings is 1. The number of nitrogens with one attached hydrogen (secondary N) is 2. The SMILES string of the molecule is Cc1cc(C)c(CNC(=O)c2cc(Cl)c(C(C)Oc3ccccc3)cc2C)c(=O)[nH]1. The van der Waals surface area contributed by atoms with E-state index in [1.807, 2.05) is 70.2 Å². The summed E-state index contributed by atoms with van der Waals surface area (Å²) in [6.45, 7) is 7.60. The first kappa shape index (κ1) is 21.7. The van der Waals surface area contributed by atoms with E-state index in [4.69, 9.17) is 16.3 Å². The van der Waals surface area contributed by atoms with Crippen LogP contribution in [0.4, 0.5) is 0 Å². The summed E-state index contributed by atoms with van der Waals surface area (Å²) in [5.41, 5.74) is 4.04. The van der Waals surface area contributed by atoms with Crippen LogP contribution < -0.4 is 15.6 Å². The second kappa shape index (κ2) is 9.18. The molecule has 1 amide bonds. The van der Waals surface area contributed by atoms with Crippen LogP contribution in [0.5, 0.6) is 5.75 Å². The molecule has 1 heterocycles. The van der Waals surface area contributed by atoms with E-state index >= 15 is 0 Å². The summed E-state index contributed by atoms with van der Waals surface area (Å²) in [5.74, 6) is 0.469. The Morgan fingerprint density at radius 1 is 1.10 bits per heavy atom. The Kier molecular flexibility index (Phi) is 6.63. The maximum absolute atomic E-state index is 12.7. The lowest BCUT2D eigenvalue weighted by Gasteiger charge is -2.18. The van der Waals surface area contributed by atoms with E-state index in [1.54, 1.807) is 6.07 Å². The molecular weight excluding hydrogens is 400 g/mol. The number of halogens is 1. The molecule has 156 valence electrons. The maximum atomic E-state index is 12.7. The van der Waals surface area contributed by atoms with Crippen LogP contribution in [-0.2, 0) is 6.54 Å². The highest BCUT2D eigenvalue weighted by Gasteiger charge is 2.18. The average Bonchev–Trinajstić information content (AvgIpc) is 2.69. The Morgan fingerprint density at radius 2 is 1.80 bits per heavy atom. The van der Waals surface area contributed by atoms with Gasteiger partial charge in [0, 0.05) is 34.0 Å². The molecule has 0 aliphatic carbocycles. The number of benzene rings is 2. The standard InChI is InChI=1S/C24H25ClN2O3/c1-14-10-16(3)27-24(29)21(14)13-26-23(28)19-12-22(25)20(11-15(19)2)17(4)30-18-8-6-5-7-9-18/h5-12,17H,13H2,1-4H3,(H,26,28)(H,27,29). The summed E-state index contributed by atoms with van der Waals surface area (Å²) in [7, 11) is 0. The molecule has 0 radical (unpaired) electrons. The number of aryl methyl sites for hydroxylation is 3. The summed E-state index contributed by atoms with van der Waals surface area (Å²) in [4.78, 5) is 27.7. The van der Waals surface area contributed by atoms with Gasteiger partial charge in [0.25, 0.3) is 11.5 Å². The Balaban J connectivity index is 1.76. The first-order valence-corrected chi connectivity index (χ1v) is 10.1. The number of aromatic amines is 1. The van der Waals surface area contributed by atoms with E-state index in [0.717, 1.165) is 28.1 Å². The Labute approximate surface area is 181 Å². The van der Waals surface area contributed by atoms with Crippen molar-refractivity contribution in [2.24, 2.45) is 0 Å². The average molecular weight is 425 g/mol. The number of H-pyrrole nitrogens is 1. The number of carbonyl (C=O) groups excluding carboxylic acids is 1. The quantitative estimate of drug-likeness (QED) is 0.583. The molecule has 1 atom stereocenters. The minimum atomic E-state index is -0.281. The highest BCUT2D eigenvalue weighted by atomic mass is 35.5. The molecule has 0 aliphatic rings. The number of amides is 1. The lowest BCUT2D eigenvalue weighted by atomic mass is 10.0. The van der Waals surface area contributed by atoms with Gasteiger partial charge in [-0.1, -0.05) is 35.9 Å². The largest absolute Gasteiger partial charge is 0.486 e. The zero-order chi connectivity index (χ0) is 21.8. The number of rotatable bonds is 6. The van der Waals surface area contributed by atoms with Gasteiger partial charge in [-0.25, -0.2) is 0 Å². The third-order valence-corrected chi connectivity index (χ3v) is 5.33. The molecule has 6 heteroatoms. The highest BCUT2D eigenvalue weighted by Crippen LogP contribution is 2.30. The molecular formula is C24H25ClN2O3. The highest BCUT2D eigenvalue weighted by molar-refractivity contribution is 6.31. The van der Waals surface area contributed by atoms with Crippen LogP contribution in [-0.4, -0.2) is 10.9 Å². The van der Waals surface area contributed by atoms with Crippen LogP contribution in [0.2, 0.25) is 5.02 Å². The first-order valence-electron chi connectivity index (χ1n) is 9.75. The summed E-state index contributed by atoms with van der Waals surface area (Å²) < 4.78 is 5.95. The van der Waals surface area contributed by atoms with Gasteiger partial charge < -0.3 is 15.0 Å². The predicted molar refractivity (Wildman–Crippen MR) is 119 cm³/mol. The van der Waals surface area contributed by atoms with E-state index in [-0.39, 0.29) is 24.1 Å². The minimum absolute atomic E-state index is 0.145. The van der Waals surface area contributed by atoms with Gasteiger partial charge in [0.2, 0.25) is 0 Å². The second-order valence-corrected chi connectivity index (χ2v) is 7.79. The van der Waals surface area contributed by atoms with Gasteiger partial charge in [-0.3, -0.25) is 9.59 Å². The third-order valence-electron chi connectivity index (χ3n) is 5.00. The number of hydrogen-bond donors (Lipinski definition) is 2. The van der Waals surface area contributed by atoms with Crippen molar-refractivity contribution in [3.63, 3.8) is 0 Å². The van der Waals surface area contributed by atoms with Crippen LogP contribution in [0.15, 0.2) is 53.3 Å². The summed E-state index contributed by atoms with van der Waals surface area (Å²) >= 11 is 6.48. The van der Waals surface area contributed by atoms with Gasteiger partial charge in [0.15, 0.2) is 0 Å². The number of aromatic nitrogens is 1. The van der Waals surface area contributed by atoms with Crippen molar-refractivity contribution in [1.82, 2.24) is 10.3 Å². The smallest absolute Gasteiger partial charge is 0.253 e. The lowest BCUT2D eigenvalue weighted by Crippen LogP contribution is -2.28. The number of carbonyl (C=O) groups is 1. The molecule has 30 heavy (non-hydrogen) atoms. The fourth-order valence-electron chi connectivity index (χ4n) is 3.39. The van der Waals surface area contributed by atoms with Crippen molar-refractivity contribution < 1.29 is 9.53 Å². The van der Waals surface area contributed by atoms with E-state index < -0.39 is 0 Å². The molecule has 0 spiro atoms.